The van der Waals surface area contributed by atoms with Gasteiger partial charge >= 0.3 is 0 Å². The van der Waals surface area contributed by atoms with E-state index in [-0.39, 0.29) is 5.78 Å². The van der Waals surface area contributed by atoms with E-state index in [1.165, 1.54) is 0 Å². The molecule has 1 rings (SSSR count). The quantitative estimate of drug-likeness (QED) is 0.704. The van der Waals surface area contributed by atoms with Gasteiger partial charge in [0, 0.05) is 19.8 Å². The van der Waals surface area contributed by atoms with Crippen LogP contribution in [-0.4, -0.2) is 19.9 Å². The van der Waals surface area contributed by atoms with Gasteiger partial charge in [0.05, 0.1) is 0 Å². The lowest BCUT2D eigenvalue weighted by atomic mass is 10.1. The second kappa shape index (κ2) is 4.78. The van der Waals surface area contributed by atoms with Crippen molar-refractivity contribution in [3.8, 4) is 0 Å². The summed E-state index contributed by atoms with van der Waals surface area (Å²) in [4.78, 5) is 13.1. The first kappa shape index (κ1) is 11.5. The number of allylic oxidation sites excluding steroid dienone is 1. The molecule has 0 saturated heterocycles. The summed E-state index contributed by atoms with van der Waals surface area (Å²) in [5.41, 5.74) is 3.01. The van der Waals surface area contributed by atoms with Gasteiger partial charge in [0.15, 0.2) is 5.78 Å². The van der Waals surface area contributed by atoms with Crippen LogP contribution in [0.25, 0.3) is 6.08 Å². The first-order chi connectivity index (χ1) is 7.00. The summed E-state index contributed by atoms with van der Waals surface area (Å²) >= 11 is 0. The van der Waals surface area contributed by atoms with Crippen LogP contribution in [0, 0.1) is 0 Å². The summed E-state index contributed by atoms with van der Waals surface area (Å²) in [6, 6.07) is 8.11. The lowest BCUT2D eigenvalue weighted by Gasteiger charge is -2.11. The third kappa shape index (κ3) is 3.24. The van der Waals surface area contributed by atoms with Crippen LogP contribution in [0.2, 0.25) is 0 Å². The van der Waals surface area contributed by atoms with Crippen molar-refractivity contribution in [2.75, 3.05) is 19.0 Å². The van der Waals surface area contributed by atoms with Crippen molar-refractivity contribution >= 4 is 17.5 Å². The van der Waals surface area contributed by atoms with E-state index in [1.54, 1.807) is 6.92 Å². The number of anilines is 1. The lowest BCUT2D eigenvalue weighted by Crippen LogP contribution is -2.07. The molecule has 2 nitrogen and oxygen atoms in total. The molecule has 80 valence electrons. The van der Waals surface area contributed by atoms with E-state index in [4.69, 9.17) is 0 Å². The summed E-state index contributed by atoms with van der Waals surface area (Å²) in [7, 11) is 4.01. The van der Waals surface area contributed by atoms with Crippen molar-refractivity contribution in [2.24, 2.45) is 0 Å². The highest BCUT2D eigenvalue weighted by Gasteiger charge is 1.97. The smallest absolute Gasteiger partial charge is 0.155 e. The van der Waals surface area contributed by atoms with Crippen molar-refractivity contribution in [1.29, 1.82) is 0 Å². The maximum Gasteiger partial charge on any atom is 0.155 e. The topological polar surface area (TPSA) is 20.3 Å². The van der Waals surface area contributed by atoms with Gasteiger partial charge in [0.25, 0.3) is 0 Å². The van der Waals surface area contributed by atoms with E-state index in [2.05, 4.69) is 0 Å². The Morgan fingerprint density at radius 3 is 2.07 bits per heavy atom. The summed E-state index contributed by atoms with van der Waals surface area (Å²) < 4.78 is 0. The number of benzene rings is 1. The second-order valence-electron chi connectivity index (χ2n) is 3.87. The highest BCUT2D eigenvalue weighted by molar-refractivity contribution is 5.97. The Labute approximate surface area is 91.2 Å². The summed E-state index contributed by atoms with van der Waals surface area (Å²) in [6.07, 6.45) is 1.90. The molecule has 0 bridgehead atoms. The van der Waals surface area contributed by atoms with E-state index < -0.39 is 0 Å². The van der Waals surface area contributed by atoms with Crippen LogP contribution in [0.4, 0.5) is 5.69 Å². The number of ketones is 1. The van der Waals surface area contributed by atoms with E-state index >= 15 is 0 Å². The molecule has 0 N–H and O–H groups in total. The third-order valence-corrected chi connectivity index (χ3v) is 2.35. The molecular formula is C13H17NO. The molecule has 0 aliphatic heterocycles. The zero-order chi connectivity index (χ0) is 11.4. The molecule has 2 heteroatoms. The normalized spacial score (nSPS) is 11.3. The van der Waals surface area contributed by atoms with Gasteiger partial charge in [-0.2, -0.15) is 0 Å². The average molecular weight is 203 g/mol. The molecule has 0 aliphatic rings. The predicted octanol–water partition coefficient (Wildman–Crippen LogP) is 2.74. The molecule has 0 spiro atoms. The van der Waals surface area contributed by atoms with Crippen molar-refractivity contribution in [3.05, 3.63) is 35.4 Å². The fourth-order valence-corrected chi connectivity index (χ4v) is 1.22. The third-order valence-electron chi connectivity index (χ3n) is 2.35. The van der Waals surface area contributed by atoms with Gasteiger partial charge in [0.1, 0.15) is 0 Å². The molecule has 0 unspecified atom stereocenters. The number of carbonyl (C=O) groups is 1. The summed E-state index contributed by atoms with van der Waals surface area (Å²) in [5, 5.41) is 0. The highest BCUT2D eigenvalue weighted by Crippen LogP contribution is 2.14. The highest BCUT2D eigenvalue weighted by atomic mass is 16.1. The number of nitrogens with zero attached hydrogens (tertiary/aromatic N) is 1. The van der Waals surface area contributed by atoms with Gasteiger partial charge in [-0.05, 0) is 43.2 Å². The van der Waals surface area contributed by atoms with E-state index in [0.717, 1.165) is 16.8 Å². The van der Waals surface area contributed by atoms with E-state index in [1.807, 2.05) is 56.3 Å². The number of rotatable bonds is 3. The Kier molecular flexibility index (Phi) is 3.67. The number of Topliss-reactive ketones (excluding diaryl/α,β-unsaturated/α-hetero) is 1. The van der Waals surface area contributed by atoms with Crippen LogP contribution in [0.1, 0.15) is 19.4 Å². The zero-order valence-electron chi connectivity index (χ0n) is 9.74. The molecule has 0 heterocycles. The monoisotopic (exact) mass is 203 g/mol. The van der Waals surface area contributed by atoms with Gasteiger partial charge < -0.3 is 4.90 Å². The molecular weight excluding hydrogens is 186 g/mol. The van der Waals surface area contributed by atoms with Gasteiger partial charge in [-0.15, -0.1) is 0 Å². The van der Waals surface area contributed by atoms with Gasteiger partial charge in [0.2, 0.25) is 0 Å². The zero-order valence-corrected chi connectivity index (χ0v) is 9.74. The molecule has 1 aromatic rings. The Bertz CT molecular complexity index is 374. The molecule has 0 saturated carbocycles. The Morgan fingerprint density at radius 1 is 1.13 bits per heavy atom. The van der Waals surface area contributed by atoms with Crippen molar-refractivity contribution in [1.82, 2.24) is 0 Å². The van der Waals surface area contributed by atoms with Crippen molar-refractivity contribution in [2.45, 2.75) is 13.8 Å². The fraction of sp³-hybridized carbons (Fsp3) is 0.308. The number of carbonyl (C=O) groups excluding carboxylic acids is 1. The molecule has 0 radical (unpaired) electrons. The molecule has 0 atom stereocenters. The minimum Gasteiger partial charge on any atom is -0.378 e. The minimum atomic E-state index is 0.117. The maximum absolute atomic E-state index is 11.0. The van der Waals surface area contributed by atoms with Gasteiger partial charge in [-0.1, -0.05) is 12.1 Å². The standard InChI is InChI=1S/C13H17NO/c1-10(11(2)15)9-12-5-7-13(8-6-12)14(3)4/h5-9H,1-4H3/b10-9-. The predicted molar refractivity (Wildman–Crippen MR) is 65.1 cm³/mol. The first-order valence-electron chi connectivity index (χ1n) is 4.97. The van der Waals surface area contributed by atoms with Crippen LogP contribution in [0.3, 0.4) is 0 Å². The average Bonchev–Trinajstić information content (AvgIpc) is 2.18. The Morgan fingerprint density at radius 2 is 1.67 bits per heavy atom. The molecule has 15 heavy (non-hydrogen) atoms. The van der Waals surface area contributed by atoms with Crippen LogP contribution in [0.15, 0.2) is 29.8 Å². The van der Waals surface area contributed by atoms with Crippen LogP contribution in [-0.2, 0) is 4.79 Å². The Balaban J connectivity index is 2.90. The van der Waals surface area contributed by atoms with E-state index in [9.17, 15) is 4.79 Å². The summed E-state index contributed by atoms with van der Waals surface area (Å²) in [5.74, 6) is 0.117. The van der Waals surface area contributed by atoms with Crippen molar-refractivity contribution < 1.29 is 4.79 Å². The molecule has 0 aromatic heterocycles. The largest absolute Gasteiger partial charge is 0.378 e. The van der Waals surface area contributed by atoms with E-state index in [0.29, 0.717) is 0 Å². The number of hydrogen-bond donors (Lipinski definition) is 0. The molecule has 0 aliphatic carbocycles. The van der Waals surface area contributed by atoms with Crippen LogP contribution < -0.4 is 4.90 Å². The lowest BCUT2D eigenvalue weighted by molar-refractivity contribution is -0.113. The number of hydrogen-bond acceptors (Lipinski definition) is 2. The Hall–Kier alpha value is -1.57. The molecule has 0 amide bonds. The van der Waals surface area contributed by atoms with Crippen molar-refractivity contribution in [3.63, 3.8) is 0 Å². The maximum atomic E-state index is 11.0. The van der Waals surface area contributed by atoms with Crippen LogP contribution >= 0.6 is 0 Å². The van der Waals surface area contributed by atoms with Crippen LogP contribution in [0.5, 0.6) is 0 Å². The molecule has 1 aromatic carbocycles. The molecule has 0 fully saturated rings. The second-order valence-corrected chi connectivity index (χ2v) is 3.87. The minimum absolute atomic E-state index is 0.117. The summed E-state index contributed by atoms with van der Waals surface area (Å²) in [6.45, 7) is 3.42. The fourth-order valence-electron chi connectivity index (χ4n) is 1.22. The SMILES string of the molecule is CC(=O)/C(C)=C\c1ccc(N(C)C)cc1. The first-order valence-corrected chi connectivity index (χ1v) is 4.97. The van der Waals surface area contributed by atoms with Gasteiger partial charge in [-0.3, -0.25) is 4.79 Å². The van der Waals surface area contributed by atoms with Gasteiger partial charge in [-0.25, -0.2) is 0 Å².